The standard InChI is InChI=1S/C22H14F2N4O3S2/c23-14-1-4-21(17(24)7-14)33(30,31)28-15-5-12(8-25-10-15)19-2-3-20(32-19)13-6-16-18(26-9-13)11-27-22(16)29/h1-10,28H,11H2,(H,27,29). The van der Waals surface area contributed by atoms with Gasteiger partial charge in [-0.05, 0) is 36.4 Å². The lowest BCUT2D eigenvalue weighted by molar-refractivity contribution is 0.0965. The molecule has 1 aliphatic heterocycles. The van der Waals surface area contributed by atoms with E-state index in [0.717, 1.165) is 27.5 Å². The lowest BCUT2D eigenvalue weighted by Crippen LogP contribution is -2.15. The molecule has 0 saturated carbocycles. The van der Waals surface area contributed by atoms with Gasteiger partial charge in [0.25, 0.3) is 15.9 Å². The van der Waals surface area contributed by atoms with E-state index in [-0.39, 0.29) is 11.6 Å². The van der Waals surface area contributed by atoms with Gasteiger partial charge >= 0.3 is 0 Å². The lowest BCUT2D eigenvalue weighted by atomic mass is 10.1. The van der Waals surface area contributed by atoms with Crippen molar-refractivity contribution in [1.29, 1.82) is 0 Å². The Hall–Kier alpha value is -3.70. The second-order valence-corrected chi connectivity index (χ2v) is 9.94. The molecular formula is C22H14F2N4O3S2. The molecule has 0 radical (unpaired) electrons. The van der Waals surface area contributed by atoms with Crippen molar-refractivity contribution in [3.63, 3.8) is 0 Å². The third-order valence-corrected chi connectivity index (χ3v) is 7.58. The number of rotatable bonds is 5. The highest BCUT2D eigenvalue weighted by molar-refractivity contribution is 7.92. The molecule has 0 fully saturated rings. The summed E-state index contributed by atoms with van der Waals surface area (Å²) < 4.78 is 54.5. The minimum atomic E-state index is -4.28. The first-order valence-electron chi connectivity index (χ1n) is 9.61. The van der Waals surface area contributed by atoms with Crippen molar-refractivity contribution in [3.05, 3.63) is 83.9 Å². The van der Waals surface area contributed by atoms with Crippen LogP contribution >= 0.6 is 11.3 Å². The lowest BCUT2D eigenvalue weighted by Gasteiger charge is -2.09. The van der Waals surface area contributed by atoms with Gasteiger partial charge in [0.05, 0.1) is 29.7 Å². The number of aromatic nitrogens is 2. The average molecular weight is 485 g/mol. The largest absolute Gasteiger partial charge is 0.346 e. The van der Waals surface area contributed by atoms with Gasteiger partial charge in [-0.15, -0.1) is 11.3 Å². The van der Waals surface area contributed by atoms with Crippen LogP contribution < -0.4 is 10.0 Å². The van der Waals surface area contributed by atoms with E-state index in [1.54, 1.807) is 24.5 Å². The van der Waals surface area contributed by atoms with Crippen LogP contribution in [-0.4, -0.2) is 24.3 Å². The average Bonchev–Trinajstić information content (AvgIpc) is 3.41. The Kier molecular flexibility index (Phi) is 5.14. The second-order valence-electron chi connectivity index (χ2n) is 7.21. The number of carbonyl (C=O) groups excluding carboxylic acids is 1. The number of fused-ring (bicyclic) bond motifs is 1. The fourth-order valence-electron chi connectivity index (χ4n) is 3.41. The zero-order valence-electron chi connectivity index (χ0n) is 16.7. The van der Waals surface area contributed by atoms with Crippen LogP contribution in [0.4, 0.5) is 14.5 Å². The molecule has 0 spiro atoms. The molecule has 11 heteroatoms. The number of nitrogens with one attached hydrogen (secondary N) is 2. The molecule has 4 aromatic rings. The summed E-state index contributed by atoms with van der Waals surface area (Å²) >= 11 is 1.42. The molecule has 3 aromatic heterocycles. The number of benzene rings is 1. The van der Waals surface area contributed by atoms with E-state index in [4.69, 9.17) is 0 Å². The zero-order valence-corrected chi connectivity index (χ0v) is 18.3. The van der Waals surface area contributed by atoms with Crippen molar-refractivity contribution >= 4 is 33.0 Å². The molecule has 0 aliphatic carbocycles. The summed E-state index contributed by atoms with van der Waals surface area (Å²) in [5.41, 5.74) is 2.81. The van der Waals surface area contributed by atoms with Crippen LogP contribution in [0.5, 0.6) is 0 Å². The van der Waals surface area contributed by atoms with Gasteiger partial charge in [-0.2, -0.15) is 0 Å². The third kappa shape index (κ3) is 4.08. The highest BCUT2D eigenvalue weighted by Crippen LogP contribution is 2.36. The Labute approximate surface area is 191 Å². The van der Waals surface area contributed by atoms with Crippen molar-refractivity contribution in [1.82, 2.24) is 15.3 Å². The maximum absolute atomic E-state index is 14.0. The van der Waals surface area contributed by atoms with E-state index in [9.17, 15) is 22.0 Å². The smallest absolute Gasteiger partial charge is 0.264 e. The van der Waals surface area contributed by atoms with Crippen LogP contribution in [0.25, 0.3) is 20.9 Å². The Bertz CT molecular complexity index is 1520. The molecule has 1 aliphatic rings. The van der Waals surface area contributed by atoms with E-state index in [1.807, 2.05) is 12.1 Å². The minimum Gasteiger partial charge on any atom is -0.346 e. The topological polar surface area (TPSA) is 101 Å². The fraction of sp³-hybridized carbons (Fsp3) is 0.0455. The van der Waals surface area contributed by atoms with E-state index >= 15 is 0 Å². The summed E-state index contributed by atoms with van der Waals surface area (Å²) in [5, 5.41) is 2.73. The van der Waals surface area contributed by atoms with Crippen LogP contribution in [0.2, 0.25) is 0 Å². The van der Waals surface area contributed by atoms with Crippen molar-refractivity contribution in [2.45, 2.75) is 11.4 Å². The van der Waals surface area contributed by atoms with Gasteiger partial charge in [0.2, 0.25) is 0 Å². The summed E-state index contributed by atoms with van der Waals surface area (Å²) in [4.78, 5) is 21.3. The number of sulfonamides is 1. The predicted octanol–water partition coefficient (Wildman–Crippen LogP) is 4.19. The summed E-state index contributed by atoms with van der Waals surface area (Å²) in [7, 11) is -4.28. The number of halogens is 2. The van der Waals surface area contributed by atoms with E-state index in [0.29, 0.717) is 29.4 Å². The molecule has 0 saturated heterocycles. The van der Waals surface area contributed by atoms with Gasteiger partial charge in [-0.1, -0.05) is 0 Å². The molecular weight excluding hydrogens is 470 g/mol. The van der Waals surface area contributed by atoms with Crippen molar-refractivity contribution in [2.75, 3.05) is 4.72 Å². The maximum atomic E-state index is 14.0. The van der Waals surface area contributed by atoms with Crippen LogP contribution in [0.3, 0.4) is 0 Å². The number of carbonyl (C=O) groups is 1. The predicted molar refractivity (Wildman–Crippen MR) is 119 cm³/mol. The SMILES string of the molecule is O=C1NCc2ncc(-c3ccc(-c4cncc(NS(=O)(=O)c5ccc(F)cc5F)c4)s3)cc21. The molecule has 166 valence electrons. The molecule has 1 aromatic carbocycles. The molecule has 5 rings (SSSR count). The number of hydrogen-bond donors (Lipinski definition) is 2. The fourth-order valence-corrected chi connectivity index (χ4v) is 5.47. The quantitative estimate of drug-likeness (QED) is 0.442. The van der Waals surface area contributed by atoms with Gasteiger partial charge < -0.3 is 5.32 Å². The first kappa shape index (κ1) is 21.2. The highest BCUT2D eigenvalue weighted by Gasteiger charge is 2.22. The van der Waals surface area contributed by atoms with Crippen molar-refractivity contribution in [3.8, 4) is 20.9 Å². The Balaban J connectivity index is 1.42. The molecule has 7 nitrogen and oxygen atoms in total. The van der Waals surface area contributed by atoms with Gasteiger partial charge in [0, 0.05) is 39.3 Å². The number of hydrogen-bond acceptors (Lipinski definition) is 6. The Morgan fingerprint density at radius 2 is 1.73 bits per heavy atom. The maximum Gasteiger partial charge on any atom is 0.264 e. The monoisotopic (exact) mass is 484 g/mol. The molecule has 0 unspecified atom stereocenters. The summed E-state index contributed by atoms with van der Waals surface area (Å²) in [6, 6.07) is 9.32. The number of pyridine rings is 2. The normalized spacial score (nSPS) is 13.0. The molecule has 2 N–H and O–H groups in total. The van der Waals surface area contributed by atoms with Crippen LogP contribution in [0.1, 0.15) is 16.1 Å². The number of thiophene rings is 1. The zero-order chi connectivity index (χ0) is 23.2. The van der Waals surface area contributed by atoms with Gasteiger partial charge in [0.1, 0.15) is 16.5 Å². The summed E-state index contributed by atoms with van der Waals surface area (Å²) in [6.07, 6.45) is 4.56. The first-order valence-corrected chi connectivity index (χ1v) is 11.9. The number of nitrogens with zero attached hydrogens (tertiary/aromatic N) is 2. The van der Waals surface area contributed by atoms with E-state index in [1.165, 1.54) is 17.5 Å². The number of amides is 1. The highest BCUT2D eigenvalue weighted by atomic mass is 32.2. The molecule has 33 heavy (non-hydrogen) atoms. The van der Waals surface area contributed by atoms with Crippen LogP contribution in [-0.2, 0) is 16.6 Å². The molecule has 0 bridgehead atoms. The van der Waals surface area contributed by atoms with Crippen molar-refractivity contribution < 1.29 is 22.0 Å². The Morgan fingerprint density at radius 3 is 2.48 bits per heavy atom. The first-order chi connectivity index (χ1) is 15.8. The Morgan fingerprint density at radius 1 is 0.970 bits per heavy atom. The van der Waals surface area contributed by atoms with Gasteiger partial charge in [-0.3, -0.25) is 19.5 Å². The van der Waals surface area contributed by atoms with Gasteiger partial charge in [0.15, 0.2) is 0 Å². The molecule has 0 atom stereocenters. The van der Waals surface area contributed by atoms with Crippen molar-refractivity contribution in [2.24, 2.45) is 0 Å². The third-order valence-electron chi connectivity index (χ3n) is 4.98. The summed E-state index contributed by atoms with van der Waals surface area (Å²) in [6.45, 7) is 0.417. The van der Waals surface area contributed by atoms with E-state index < -0.39 is 26.6 Å². The molecule has 1 amide bonds. The van der Waals surface area contributed by atoms with Gasteiger partial charge in [-0.25, -0.2) is 17.2 Å². The number of anilines is 1. The minimum absolute atomic E-state index is 0.127. The molecule has 4 heterocycles. The second kappa shape index (κ2) is 8.01. The van der Waals surface area contributed by atoms with E-state index in [2.05, 4.69) is 20.0 Å². The summed E-state index contributed by atoms with van der Waals surface area (Å²) in [5.74, 6) is -2.22. The van der Waals surface area contributed by atoms with Crippen LogP contribution in [0.15, 0.2) is 66.0 Å². The van der Waals surface area contributed by atoms with Crippen LogP contribution in [0, 0.1) is 11.6 Å².